The molecule has 1 unspecified atom stereocenters. The van der Waals surface area contributed by atoms with E-state index >= 15 is 0 Å². The number of aromatic nitrogens is 2. The Bertz CT molecular complexity index is 377. The predicted molar refractivity (Wildman–Crippen MR) is 51.6 cm³/mol. The van der Waals surface area contributed by atoms with Crippen molar-refractivity contribution in [2.24, 2.45) is 0 Å². The lowest BCUT2D eigenvalue weighted by molar-refractivity contribution is 0.818. The molecule has 13 heavy (non-hydrogen) atoms. The molecule has 0 fully saturated rings. The zero-order valence-electron chi connectivity index (χ0n) is 7.61. The normalized spacial score (nSPS) is 11.8. The average Bonchev–Trinajstić information content (AvgIpc) is 2.16. The first-order valence-corrected chi connectivity index (χ1v) is 3.89. The second kappa shape index (κ2) is 3.76. The second-order valence-corrected chi connectivity index (χ2v) is 2.70. The Labute approximate surface area is 76.6 Å². The largest absolute Gasteiger partial charge is 0.342 e. The van der Waals surface area contributed by atoms with Crippen LogP contribution in [0.1, 0.15) is 6.92 Å². The van der Waals surface area contributed by atoms with Crippen molar-refractivity contribution in [3.8, 4) is 12.3 Å². The van der Waals surface area contributed by atoms with E-state index in [1.54, 1.807) is 11.9 Å². The molecule has 1 rings (SSSR count). The van der Waals surface area contributed by atoms with Crippen molar-refractivity contribution in [3.63, 3.8) is 0 Å². The highest BCUT2D eigenvalue weighted by Crippen LogP contribution is 2.03. The molecule has 0 aliphatic carbocycles. The third kappa shape index (κ3) is 1.88. The minimum atomic E-state index is -0.230. The molecule has 1 N–H and O–H groups in total. The lowest BCUT2D eigenvalue weighted by Crippen LogP contribution is -2.33. The number of nitrogens with zero attached hydrogens (tertiary/aromatic N) is 2. The van der Waals surface area contributed by atoms with Gasteiger partial charge in [-0.05, 0) is 6.92 Å². The fraction of sp³-hybridized carbons (Fsp3) is 0.333. The lowest BCUT2D eigenvalue weighted by atomic mass is 10.3. The number of H-pyrrole nitrogens is 1. The van der Waals surface area contributed by atoms with Crippen molar-refractivity contribution in [1.82, 2.24) is 9.97 Å². The Morgan fingerprint density at radius 3 is 3.00 bits per heavy atom. The van der Waals surface area contributed by atoms with E-state index in [9.17, 15) is 4.79 Å². The van der Waals surface area contributed by atoms with E-state index in [0.29, 0.717) is 5.82 Å². The molecule has 1 aromatic heterocycles. The quantitative estimate of drug-likeness (QED) is 0.658. The lowest BCUT2D eigenvalue weighted by Gasteiger charge is -2.19. The minimum Gasteiger partial charge on any atom is -0.342 e. The van der Waals surface area contributed by atoms with Crippen molar-refractivity contribution >= 4 is 5.82 Å². The van der Waals surface area contributed by atoms with Crippen LogP contribution in [0.25, 0.3) is 0 Å². The van der Waals surface area contributed by atoms with Gasteiger partial charge in [0.15, 0.2) is 5.82 Å². The molecule has 1 aromatic rings. The van der Waals surface area contributed by atoms with Crippen LogP contribution < -0.4 is 10.5 Å². The summed E-state index contributed by atoms with van der Waals surface area (Å²) < 4.78 is 0. The maximum Gasteiger partial charge on any atom is 0.290 e. The van der Waals surface area contributed by atoms with Gasteiger partial charge < -0.3 is 9.88 Å². The first kappa shape index (κ1) is 9.33. The molecule has 0 amide bonds. The molecule has 0 spiro atoms. The van der Waals surface area contributed by atoms with Crippen LogP contribution in [0.3, 0.4) is 0 Å². The zero-order chi connectivity index (χ0) is 9.84. The minimum absolute atomic E-state index is 0.143. The summed E-state index contributed by atoms with van der Waals surface area (Å²) in [5.74, 6) is 2.86. The maximum atomic E-state index is 11.3. The van der Waals surface area contributed by atoms with Crippen LogP contribution in [-0.4, -0.2) is 23.1 Å². The van der Waals surface area contributed by atoms with Gasteiger partial charge in [-0.1, -0.05) is 5.92 Å². The fourth-order valence-corrected chi connectivity index (χ4v) is 0.890. The van der Waals surface area contributed by atoms with E-state index < -0.39 is 0 Å². The van der Waals surface area contributed by atoms with Crippen LogP contribution in [0.4, 0.5) is 5.82 Å². The fourth-order valence-electron chi connectivity index (χ4n) is 0.890. The number of nitrogens with one attached hydrogen (secondary N) is 1. The number of rotatable bonds is 2. The molecule has 0 bridgehead atoms. The Morgan fingerprint density at radius 1 is 1.77 bits per heavy atom. The maximum absolute atomic E-state index is 11.3. The molecule has 0 saturated carbocycles. The van der Waals surface area contributed by atoms with Gasteiger partial charge in [-0.2, -0.15) is 0 Å². The standard InChI is InChI=1S/C9H11N3O/c1-4-7(2)12(3)8-9(13)11-6-5-10-8/h1,5-7H,2-3H3,(H,11,13). The molecule has 4 nitrogen and oxygen atoms in total. The van der Waals surface area contributed by atoms with Gasteiger partial charge in [0, 0.05) is 19.4 Å². The van der Waals surface area contributed by atoms with Crippen LogP contribution >= 0.6 is 0 Å². The number of hydrogen-bond donors (Lipinski definition) is 1. The SMILES string of the molecule is C#CC(C)N(C)c1ncc[nH]c1=O. The molecule has 0 aliphatic rings. The second-order valence-electron chi connectivity index (χ2n) is 2.70. The first-order valence-electron chi connectivity index (χ1n) is 3.89. The third-order valence-electron chi connectivity index (χ3n) is 1.85. The predicted octanol–water partition coefficient (Wildman–Crippen LogP) is 0.228. The van der Waals surface area contributed by atoms with E-state index in [4.69, 9.17) is 6.42 Å². The van der Waals surface area contributed by atoms with E-state index in [-0.39, 0.29) is 11.6 Å². The molecule has 4 heteroatoms. The molecule has 0 aliphatic heterocycles. The van der Waals surface area contributed by atoms with Crippen molar-refractivity contribution in [2.75, 3.05) is 11.9 Å². The molecule has 1 heterocycles. The summed E-state index contributed by atoms with van der Waals surface area (Å²) in [5, 5.41) is 0. The molecular weight excluding hydrogens is 166 g/mol. The number of aromatic amines is 1. The summed E-state index contributed by atoms with van der Waals surface area (Å²) in [5.41, 5.74) is -0.230. The number of anilines is 1. The number of hydrogen-bond acceptors (Lipinski definition) is 3. The van der Waals surface area contributed by atoms with Crippen molar-refractivity contribution in [1.29, 1.82) is 0 Å². The van der Waals surface area contributed by atoms with Crippen LogP contribution in [0.5, 0.6) is 0 Å². The highest BCUT2D eigenvalue weighted by molar-refractivity contribution is 5.37. The molecule has 0 radical (unpaired) electrons. The molecule has 0 saturated heterocycles. The van der Waals surface area contributed by atoms with Crippen LogP contribution in [0, 0.1) is 12.3 Å². The molecular formula is C9H11N3O. The summed E-state index contributed by atoms with van der Waals surface area (Å²) in [6.45, 7) is 1.83. The smallest absolute Gasteiger partial charge is 0.290 e. The Hall–Kier alpha value is -1.76. The highest BCUT2D eigenvalue weighted by atomic mass is 16.1. The van der Waals surface area contributed by atoms with Gasteiger partial charge in [-0.15, -0.1) is 6.42 Å². The summed E-state index contributed by atoms with van der Waals surface area (Å²) in [4.78, 5) is 19.4. The van der Waals surface area contributed by atoms with Gasteiger partial charge in [0.2, 0.25) is 0 Å². The summed E-state index contributed by atoms with van der Waals surface area (Å²) in [7, 11) is 1.74. The summed E-state index contributed by atoms with van der Waals surface area (Å²) in [6.07, 6.45) is 8.24. The topological polar surface area (TPSA) is 49.0 Å². The van der Waals surface area contributed by atoms with Crippen molar-refractivity contribution in [3.05, 3.63) is 22.7 Å². The zero-order valence-corrected chi connectivity index (χ0v) is 7.61. The highest BCUT2D eigenvalue weighted by Gasteiger charge is 2.10. The van der Waals surface area contributed by atoms with Crippen LogP contribution in [0.2, 0.25) is 0 Å². The van der Waals surface area contributed by atoms with E-state index in [0.717, 1.165) is 0 Å². The Morgan fingerprint density at radius 2 is 2.46 bits per heavy atom. The molecule has 68 valence electrons. The van der Waals surface area contributed by atoms with Gasteiger partial charge in [0.1, 0.15) is 0 Å². The van der Waals surface area contributed by atoms with Gasteiger partial charge in [0.05, 0.1) is 6.04 Å². The van der Waals surface area contributed by atoms with Gasteiger partial charge >= 0.3 is 0 Å². The van der Waals surface area contributed by atoms with Crippen LogP contribution in [-0.2, 0) is 0 Å². The Balaban J connectivity index is 3.03. The summed E-state index contributed by atoms with van der Waals surface area (Å²) >= 11 is 0. The van der Waals surface area contributed by atoms with Crippen molar-refractivity contribution < 1.29 is 0 Å². The summed E-state index contributed by atoms with van der Waals surface area (Å²) in [6, 6.07) is -0.143. The van der Waals surface area contributed by atoms with E-state index in [1.165, 1.54) is 12.4 Å². The third-order valence-corrected chi connectivity index (χ3v) is 1.85. The molecule has 1 atom stereocenters. The van der Waals surface area contributed by atoms with Gasteiger partial charge in [0.25, 0.3) is 5.56 Å². The number of terminal acetylenes is 1. The van der Waals surface area contributed by atoms with E-state index in [1.807, 2.05) is 6.92 Å². The first-order chi connectivity index (χ1) is 6.16. The average molecular weight is 177 g/mol. The van der Waals surface area contributed by atoms with Crippen LogP contribution in [0.15, 0.2) is 17.2 Å². The van der Waals surface area contributed by atoms with E-state index in [2.05, 4.69) is 15.9 Å². The van der Waals surface area contributed by atoms with Crippen molar-refractivity contribution in [2.45, 2.75) is 13.0 Å². The Kier molecular flexibility index (Phi) is 2.70. The van der Waals surface area contributed by atoms with Gasteiger partial charge in [-0.25, -0.2) is 4.98 Å². The molecule has 0 aromatic carbocycles. The monoisotopic (exact) mass is 177 g/mol. The van der Waals surface area contributed by atoms with Gasteiger partial charge in [-0.3, -0.25) is 4.79 Å².